The lowest BCUT2D eigenvalue weighted by Gasteiger charge is -2.27. The molecule has 2 rings (SSSR count). The van der Waals surface area contributed by atoms with E-state index in [4.69, 9.17) is 0 Å². The van der Waals surface area contributed by atoms with Crippen molar-refractivity contribution in [2.45, 2.75) is 32.6 Å². The van der Waals surface area contributed by atoms with E-state index < -0.39 is 0 Å². The second-order valence-electron chi connectivity index (χ2n) is 5.83. The van der Waals surface area contributed by atoms with E-state index in [0.717, 1.165) is 17.9 Å². The number of amides is 1. The molecule has 1 fully saturated rings. The Morgan fingerprint density at radius 3 is 2.94 bits per heavy atom. The molecule has 0 bridgehead atoms. The zero-order valence-electron chi connectivity index (χ0n) is 11.2. The molecule has 98 valence electrons. The van der Waals surface area contributed by atoms with Crippen molar-refractivity contribution in [3.63, 3.8) is 0 Å². The molecule has 1 aliphatic rings. The van der Waals surface area contributed by atoms with E-state index in [1.807, 2.05) is 35.0 Å². The molecule has 0 unspecified atom stereocenters. The summed E-state index contributed by atoms with van der Waals surface area (Å²) in [5.74, 6) is 1.26. The van der Waals surface area contributed by atoms with E-state index in [0.29, 0.717) is 6.42 Å². The van der Waals surface area contributed by atoms with Gasteiger partial charge in [-0.1, -0.05) is 26.8 Å². The first-order chi connectivity index (χ1) is 8.47. The highest BCUT2D eigenvalue weighted by Crippen LogP contribution is 2.38. The maximum absolute atomic E-state index is 12.3. The number of carbonyl (C=O) groups excluding carboxylic acids is 1. The minimum Gasteiger partial charge on any atom is -0.326 e. The average molecular weight is 264 g/mol. The highest BCUT2D eigenvalue weighted by atomic mass is 32.2. The maximum atomic E-state index is 12.3. The van der Waals surface area contributed by atoms with Gasteiger partial charge in [0.2, 0.25) is 5.91 Å². The van der Waals surface area contributed by atoms with Gasteiger partial charge in [0.15, 0.2) is 0 Å². The van der Waals surface area contributed by atoms with Crippen molar-refractivity contribution in [2.75, 3.05) is 12.3 Å². The molecule has 0 aliphatic carbocycles. The molecule has 0 radical (unpaired) electrons. The number of hydrogen-bond acceptors (Lipinski definition) is 3. The molecular weight excluding hydrogens is 244 g/mol. The van der Waals surface area contributed by atoms with Crippen LogP contribution in [0.2, 0.25) is 0 Å². The average Bonchev–Trinajstić information content (AvgIpc) is 2.76. The van der Waals surface area contributed by atoms with Crippen LogP contribution < -0.4 is 0 Å². The van der Waals surface area contributed by atoms with E-state index in [9.17, 15) is 4.79 Å². The lowest BCUT2D eigenvalue weighted by molar-refractivity contribution is -0.133. The van der Waals surface area contributed by atoms with Gasteiger partial charge in [0.05, 0.1) is 0 Å². The number of thioether (sulfide) groups is 1. The van der Waals surface area contributed by atoms with Crippen molar-refractivity contribution in [1.29, 1.82) is 0 Å². The Kier molecular flexibility index (Phi) is 3.95. The number of pyridine rings is 1. The van der Waals surface area contributed by atoms with Gasteiger partial charge < -0.3 is 4.90 Å². The highest BCUT2D eigenvalue weighted by Gasteiger charge is 2.32. The molecule has 1 aromatic rings. The van der Waals surface area contributed by atoms with Crippen LogP contribution in [-0.4, -0.2) is 28.1 Å². The van der Waals surface area contributed by atoms with Crippen LogP contribution in [-0.2, 0) is 4.79 Å². The second kappa shape index (κ2) is 5.31. The topological polar surface area (TPSA) is 33.2 Å². The summed E-state index contributed by atoms with van der Waals surface area (Å²) in [5.41, 5.74) is 1.17. The predicted molar refractivity (Wildman–Crippen MR) is 75.2 cm³/mol. The van der Waals surface area contributed by atoms with E-state index in [-0.39, 0.29) is 16.7 Å². The fourth-order valence-corrected chi connectivity index (χ4v) is 3.34. The highest BCUT2D eigenvalue weighted by molar-refractivity contribution is 7.99. The minimum absolute atomic E-state index is 0.0455. The van der Waals surface area contributed by atoms with Crippen molar-refractivity contribution in [3.05, 3.63) is 30.1 Å². The summed E-state index contributed by atoms with van der Waals surface area (Å²) in [6.45, 7) is 7.16. The number of nitrogens with zero attached hydrogens (tertiary/aromatic N) is 2. The van der Waals surface area contributed by atoms with Gasteiger partial charge in [-0.2, -0.15) is 0 Å². The summed E-state index contributed by atoms with van der Waals surface area (Å²) in [4.78, 5) is 18.5. The largest absolute Gasteiger partial charge is 0.326 e. The summed E-state index contributed by atoms with van der Waals surface area (Å²) in [5, 5.41) is 0.147. The van der Waals surface area contributed by atoms with Gasteiger partial charge in [-0.05, 0) is 11.5 Å². The molecule has 0 N–H and O–H groups in total. The molecular formula is C14H20N2OS. The van der Waals surface area contributed by atoms with E-state index in [1.165, 1.54) is 0 Å². The molecule has 0 saturated carbocycles. The van der Waals surface area contributed by atoms with Gasteiger partial charge in [-0.3, -0.25) is 9.78 Å². The minimum atomic E-state index is 0.0455. The molecule has 1 aromatic heterocycles. The predicted octanol–water partition coefficient (Wildman–Crippen LogP) is 3.09. The lowest BCUT2D eigenvalue weighted by atomic mass is 9.91. The zero-order valence-corrected chi connectivity index (χ0v) is 12.0. The fraction of sp³-hybridized carbons (Fsp3) is 0.571. The normalized spacial score (nSPS) is 20.2. The molecule has 2 heterocycles. The fourth-order valence-electron chi connectivity index (χ4n) is 2.08. The quantitative estimate of drug-likeness (QED) is 0.823. The Hall–Kier alpha value is -1.03. The van der Waals surface area contributed by atoms with Crippen molar-refractivity contribution in [1.82, 2.24) is 9.88 Å². The Bertz CT molecular complexity index is 414. The van der Waals surface area contributed by atoms with Crippen molar-refractivity contribution in [3.8, 4) is 0 Å². The van der Waals surface area contributed by atoms with Gasteiger partial charge in [-0.25, -0.2) is 0 Å². The number of hydrogen-bond donors (Lipinski definition) is 0. The standard InChI is InChI=1S/C14H20N2OS/c1-14(2,3)9-12(17)16-7-8-18-13(16)11-5-4-6-15-10-11/h4-6,10,13H,7-9H2,1-3H3/t13-/m1/s1. The monoisotopic (exact) mass is 264 g/mol. The SMILES string of the molecule is CC(C)(C)CC(=O)N1CCS[C@@H]1c1cccnc1. The molecule has 18 heavy (non-hydrogen) atoms. The van der Waals surface area contributed by atoms with Crippen LogP contribution >= 0.6 is 11.8 Å². The molecule has 0 aromatic carbocycles. The molecule has 0 spiro atoms. The van der Waals surface area contributed by atoms with Gasteiger partial charge in [0.25, 0.3) is 0 Å². The molecule has 1 atom stereocenters. The van der Waals surface area contributed by atoms with Crippen LogP contribution in [0.3, 0.4) is 0 Å². The van der Waals surface area contributed by atoms with Gasteiger partial charge >= 0.3 is 0 Å². The van der Waals surface area contributed by atoms with Crippen LogP contribution in [0, 0.1) is 5.41 Å². The van der Waals surface area contributed by atoms with Crippen molar-refractivity contribution >= 4 is 17.7 Å². The molecule has 4 heteroatoms. The Labute approximate surface area is 113 Å². The third kappa shape index (κ3) is 3.25. The number of carbonyl (C=O) groups is 1. The summed E-state index contributed by atoms with van der Waals surface area (Å²) < 4.78 is 0. The number of aromatic nitrogens is 1. The summed E-state index contributed by atoms with van der Waals surface area (Å²) >= 11 is 1.82. The van der Waals surface area contributed by atoms with Gasteiger partial charge in [0, 0.05) is 36.7 Å². The molecule has 1 aliphatic heterocycles. The maximum Gasteiger partial charge on any atom is 0.224 e. The van der Waals surface area contributed by atoms with Gasteiger partial charge in [0.1, 0.15) is 5.37 Å². The van der Waals surface area contributed by atoms with Gasteiger partial charge in [-0.15, -0.1) is 11.8 Å². The Morgan fingerprint density at radius 1 is 1.56 bits per heavy atom. The molecule has 3 nitrogen and oxygen atoms in total. The van der Waals surface area contributed by atoms with Crippen molar-refractivity contribution in [2.24, 2.45) is 5.41 Å². The van der Waals surface area contributed by atoms with Crippen LogP contribution in [0.25, 0.3) is 0 Å². The second-order valence-corrected chi connectivity index (χ2v) is 7.02. The zero-order chi connectivity index (χ0) is 13.2. The Morgan fingerprint density at radius 2 is 2.33 bits per heavy atom. The van der Waals surface area contributed by atoms with Crippen LogP contribution in [0.1, 0.15) is 38.1 Å². The van der Waals surface area contributed by atoms with Crippen LogP contribution in [0.4, 0.5) is 0 Å². The first-order valence-corrected chi connectivity index (χ1v) is 7.33. The van der Waals surface area contributed by atoms with E-state index in [2.05, 4.69) is 25.8 Å². The Balaban J connectivity index is 2.11. The molecule has 1 amide bonds. The summed E-state index contributed by atoms with van der Waals surface area (Å²) in [7, 11) is 0. The molecule has 1 saturated heterocycles. The third-order valence-electron chi connectivity index (χ3n) is 2.86. The van der Waals surface area contributed by atoms with Crippen molar-refractivity contribution < 1.29 is 4.79 Å². The first-order valence-electron chi connectivity index (χ1n) is 6.28. The van der Waals surface area contributed by atoms with Crippen LogP contribution in [0.15, 0.2) is 24.5 Å². The lowest BCUT2D eigenvalue weighted by Crippen LogP contribution is -2.33. The smallest absolute Gasteiger partial charge is 0.224 e. The third-order valence-corrected chi connectivity index (χ3v) is 4.12. The van der Waals surface area contributed by atoms with Crippen LogP contribution in [0.5, 0.6) is 0 Å². The summed E-state index contributed by atoms with van der Waals surface area (Å²) in [6, 6.07) is 3.98. The van der Waals surface area contributed by atoms with E-state index in [1.54, 1.807) is 6.20 Å². The van der Waals surface area contributed by atoms with E-state index >= 15 is 0 Å². The first kappa shape index (κ1) is 13.4. The summed E-state index contributed by atoms with van der Waals surface area (Å²) in [6.07, 6.45) is 4.23. The number of rotatable bonds is 2.